The summed E-state index contributed by atoms with van der Waals surface area (Å²) in [6.07, 6.45) is 6.60. The van der Waals surface area contributed by atoms with Gasteiger partial charge in [0.05, 0.1) is 14.2 Å². The molecule has 1 heterocycles. The van der Waals surface area contributed by atoms with Gasteiger partial charge in [-0.15, -0.1) is 0 Å². The molecule has 1 aromatic carbocycles. The van der Waals surface area contributed by atoms with Crippen LogP contribution in [-0.4, -0.2) is 51.7 Å². The molecule has 2 fully saturated rings. The predicted octanol–water partition coefficient (Wildman–Crippen LogP) is 2.95. The summed E-state index contributed by atoms with van der Waals surface area (Å²) in [6, 6.07) is 5.30. The molecule has 0 aromatic heterocycles. The molecule has 1 amide bonds. The first-order chi connectivity index (χ1) is 12.1. The second-order valence-corrected chi connectivity index (χ2v) is 7.63. The van der Waals surface area contributed by atoms with Crippen LogP contribution in [0.1, 0.15) is 42.5 Å². The van der Waals surface area contributed by atoms with Crippen LogP contribution in [0.4, 0.5) is 0 Å². The van der Waals surface area contributed by atoms with Crippen molar-refractivity contribution in [2.75, 3.05) is 40.9 Å². The molecule has 1 saturated carbocycles. The van der Waals surface area contributed by atoms with E-state index in [0.717, 1.165) is 13.1 Å². The minimum atomic E-state index is -0.0577. The molecular formula is C20H30N2O3. The fraction of sp³-hybridized carbons (Fsp3) is 0.650. The van der Waals surface area contributed by atoms with Crippen LogP contribution in [0.3, 0.4) is 0 Å². The molecule has 1 N–H and O–H groups in total. The van der Waals surface area contributed by atoms with Crippen molar-refractivity contribution < 1.29 is 14.3 Å². The van der Waals surface area contributed by atoms with Crippen molar-refractivity contribution in [2.45, 2.75) is 32.1 Å². The quantitative estimate of drug-likeness (QED) is 0.891. The summed E-state index contributed by atoms with van der Waals surface area (Å²) in [5.74, 6) is 1.75. The van der Waals surface area contributed by atoms with Gasteiger partial charge < -0.3 is 19.7 Å². The van der Waals surface area contributed by atoms with E-state index in [2.05, 4.69) is 17.3 Å². The van der Waals surface area contributed by atoms with Crippen molar-refractivity contribution >= 4 is 5.91 Å². The van der Waals surface area contributed by atoms with Crippen LogP contribution in [-0.2, 0) is 0 Å². The highest BCUT2D eigenvalue weighted by Crippen LogP contribution is 2.46. The molecule has 1 saturated heterocycles. The number of ether oxygens (including phenoxy) is 2. The number of hydrogen-bond donors (Lipinski definition) is 1. The van der Waals surface area contributed by atoms with Gasteiger partial charge in [0.1, 0.15) is 11.5 Å². The fourth-order valence-corrected chi connectivity index (χ4v) is 4.66. The number of amides is 1. The Hall–Kier alpha value is -1.75. The van der Waals surface area contributed by atoms with Crippen molar-refractivity contribution in [3.8, 4) is 11.5 Å². The van der Waals surface area contributed by atoms with Gasteiger partial charge in [-0.05, 0) is 43.4 Å². The van der Waals surface area contributed by atoms with E-state index < -0.39 is 0 Å². The van der Waals surface area contributed by atoms with E-state index >= 15 is 0 Å². The topological polar surface area (TPSA) is 50.8 Å². The standard InChI is InChI=1S/C20H30N2O3/c1-22-13-16(20(14-22)7-5-4-6-8-20)12-21-19(23)15-9-17(24-2)11-18(10-15)25-3/h9-11,16H,4-8,12-14H2,1-3H3,(H,21,23). The van der Waals surface area contributed by atoms with Crippen LogP contribution in [0.2, 0.25) is 0 Å². The molecule has 25 heavy (non-hydrogen) atoms. The summed E-state index contributed by atoms with van der Waals surface area (Å²) in [5, 5.41) is 3.16. The van der Waals surface area contributed by atoms with Gasteiger partial charge in [-0.1, -0.05) is 19.3 Å². The fourth-order valence-electron chi connectivity index (χ4n) is 4.66. The van der Waals surface area contributed by atoms with E-state index in [1.54, 1.807) is 32.4 Å². The maximum Gasteiger partial charge on any atom is 0.251 e. The Morgan fingerprint density at radius 3 is 2.40 bits per heavy atom. The first kappa shape index (κ1) is 18.1. The van der Waals surface area contributed by atoms with E-state index in [0.29, 0.717) is 28.4 Å². The van der Waals surface area contributed by atoms with E-state index in [1.807, 2.05) is 0 Å². The Morgan fingerprint density at radius 2 is 1.80 bits per heavy atom. The van der Waals surface area contributed by atoms with Crippen LogP contribution in [0.15, 0.2) is 18.2 Å². The molecule has 1 aliphatic heterocycles. The van der Waals surface area contributed by atoms with Crippen LogP contribution >= 0.6 is 0 Å². The molecule has 1 atom stereocenters. The SMILES string of the molecule is COc1cc(OC)cc(C(=O)NCC2CN(C)CC23CCCCC3)c1. The van der Waals surface area contributed by atoms with Crippen molar-refractivity contribution in [2.24, 2.45) is 11.3 Å². The minimum absolute atomic E-state index is 0.0577. The number of hydrogen-bond acceptors (Lipinski definition) is 4. The normalized spacial score (nSPS) is 22.8. The third-order valence-corrected chi connectivity index (χ3v) is 5.95. The van der Waals surface area contributed by atoms with E-state index in [-0.39, 0.29) is 5.91 Å². The van der Waals surface area contributed by atoms with E-state index in [1.165, 1.54) is 38.6 Å². The van der Waals surface area contributed by atoms with Crippen LogP contribution < -0.4 is 14.8 Å². The van der Waals surface area contributed by atoms with Crippen molar-refractivity contribution in [1.82, 2.24) is 10.2 Å². The second-order valence-electron chi connectivity index (χ2n) is 7.63. The average Bonchev–Trinajstić information content (AvgIpc) is 2.94. The van der Waals surface area contributed by atoms with Crippen LogP contribution in [0.5, 0.6) is 11.5 Å². The maximum atomic E-state index is 12.7. The monoisotopic (exact) mass is 346 g/mol. The highest BCUT2D eigenvalue weighted by Gasteiger charge is 2.45. The van der Waals surface area contributed by atoms with Gasteiger partial charge >= 0.3 is 0 Å². The highest BCUT2D eigenvalue weighted by molar-refractivity contribution is 5.95. The third kappa shape index (κ3) is 3.92. The number of likely N-dealkylation sites (tertiary alicyclic amines) is 1. The van der Waals surface area contributed by atoms with Gasteiger partial charge in [-0.3, -0.25) is 4.79 Å². The molecule has 0 bridgehead atoms. The zero-order chi connectivity index (χ0) is 17.9. The van der Waals surface area contributed by atoms with Gasteiger partial charge in [-0.2, -0.15) is 0 Å². The van der Waals surface area contributed by atoms with Gasteiger partial charge in [0.2, 0.25) is 0 Å². The lowest BCUT2D eigenvalue weighted by Crippen LogP contribution is -2.40. The molecule has 5 heteroatoms. The summed E-state index contributed by atoms with van der Waals surface area (Å²) in [6.45, 7) is 2.98. The summed E-state index contributed by atoms with van der Waals surface area (Å²) < 4.78 is 10.5. The van der Waals surface area contributed by atoms with Crippen molar-refractivity contribution in [3.63, 3.8) is 0 Å². The highest BCUT2D eigenvalue weighted by atomic mass is 16.5. The second kappa shape index (κ2) is 7.65. The third-order valence-electron chi connectivity index (χ3n) is 5.95. The van der Waals surface area contributed by atoms with Crippen molar-refractivity contribution in [3.05, 3.63) is 23.8 Å². The number of rotatable bonds is 5. The molecule has 1 aliphatic carbocycles. The summed E-state index contributed by atoms with van der Waals surface area (Å²) in [7, 11) is 5.39. The van der Waals surface area contributed by atoms with Gasteiger partial charge in [0.25, 0.3) is 5.91 Å². The summed E-state index contributed by atoms with van der Waals surface area (Å²) in [4.78, 5) is 15.1. The number of nitrogens with zero attached hydrogens (tertiary/aromatic N) is 1. The lowest BCUT2D eigenvalue weighted by molar-refractivity contribution is 0.0916. The lowest BCUT2D eigenvalue weighted by atomic mass is 9.67. The number of benzene rings is 1. The number of methoxy groups -OCH3 is 2. The smallest absolute Gasteiger partial charge is 0.251 e. The molecule has 5 nitrogen and oxygen atoms in total. The Bertz CT molecular complexity index is 589. The zero-order valence-electron chi connectivity index (χ0n) is 15.6. The predicted molar refractivity (Wildman–Crippen MR) is 98.4 cm³/mol. The van der Waals surface area contributed by atoms with Gasteiger partial charge in [-0.25, -0.2) is 0 Å². The molecule has 2 aliphatic rings. The van der Waals surface area contributed by atoms with Crippen LogP contribution in [0, 0.1) is 11.3 Å². The minimum Gasteiger partial charge on any atom is -0.497 e. The Balaban J connectivity index is 1.67. The van der Waals surface area contributed by atoms with Gasteiger partial charge in [0.15, 0.2) is 0 Å². The zero-order valence-corrected chi connectivity index (χ0v) is 15.6. The number of carbonyl (C=O) groups is 1. The Kier molecular flexibility index (Phi) is 5.52. The van der Waals surface area contributed by atoms with Gasteiger partial charge in [0, 0.05) is 31.3 Å². The lowest BCUT2D eigenvalue weighted by Gasteiger charge is -2.38. The van der Waals surface area contributed by atoms with Crippen molar-refractivity contribution in [1.29, 1.82) is 0 Å². The first-order valence-corrected chi connectivity index (χ1v) is 9.26. The molecule has 138 valence electrons. The molecule has 1 aromatic rings. The first-order valence-electron chi connectivity index (χ1n) is 9.26. The molecule has 3 rings (SSSR count). The Morgan fingerprint density at radius 1 is 1.16 bits per heavy atom. The molecule has 1 unspecified atom stereocenters. The molecule has 0 radical (unpaired) electrons. The molecule has 1 spiro atoms. The Labute approximate surface area is 150 Å². The largest absolute Gasteiger partial charge is 0.497 e. The van der Waals surface area contributed by atoms with Crippen LogP contribution in [0.25, 0.3) is 0 Å². The number of carbonyl (C=O) groups excluding carboxylic acids is 1. The molecular weight excluding hydrogens is 316 g/mol. The summed E-state index contributed by atoms with van der Waals surface area (Å²) >= 11 is 0. The maximum absolute atomic E-state index is 12.7. The van der Waals surface area contributed by atoms with E-state index in [4.69, 9.17) is 9.47 Å². The number of nitrogens with one attached hydrogen (secondary N) is 1. The van der Waals surface area contributed by atoms with E-state index in [9.17, 15) is 4.79 Å². The average molecular weight is 346 g/mol. The summed E-state index contributed by atoms with van der Waals surface area (Å²) in [5.41, 5.74) is 0.979.